The second kappa shape index (κ2) is 5.67. The van der Waals surface area contributed by atoms with Crippen LogP contribution < -0.4 is 0 Å². The summed E-state index contributed by atoms with van der Waals surface area (Å²) in [5.41, 5.74) is 0.947. The normalized spacial score (nSPS) is 19.7. The van der Waals surface area contributed by atoms with Gasteiger partial charge < -0.3 is 9.64 Å². The monoisotopic (exact) mass is 247 g/mol. The molecule has 18 heavy (non-hydrogen) atoms. The lowest BCUT2D eigenvalue weighted by atomic mass is 10.00. The molecule has 2 rings (SSSR count). The average Bonchev–Trinajstić information content (AvgIpc) is 2.36. The molecule has 1 unspecified atom stereocenters. The maximum atomic E-state index is 11.8. The topological polar surface area (TPSA) is 46.6 Å². The van der Waals surface area contributed by atoms with Gasteiger partial charge in [0.25, 0.3) is 0 Å². The SMILES string of the molecule is CC1CC(=O)CN(C(=O)OCc2ccccc2)C1. The third-order valence-electron chi connectivity index (χ3n) is 2.94. The van der Waals surface area contributed by atoms with Crippen LogP contribution in [0.1, 0.15) is 18.9 Å². The summed E-state index contributed by atoms with van der Waals surface area (Å²) in [6.45, 7) is 2.99. The van der Waals surface area contributed by atoms with Crippen LogP contribution in [-0.4, -0.2) is 29.9 Å². The molecule has 1 saturated heterocycles. The summed E-state index contributed by atoms with van der Waals surface area (Å²) in [5, 5.41) is 0. The molecule has 1 atom stereocenters. The molecule has 1 aliphatic rings. The highest BCUT2D eigenvalue weighted by atomic mass is 16.6. The van der Waals surface area contributed by atoms with Gasteiger partial charge in [-0.25, -0.2) is 4.79 Å². The van der Waals surface area contributed by atoms with Crippen LogP contribution in [0.2, 0.25) is 0 Å². The number of amides is 1. The maximum Gasteiger partial charge on any atom is 0.410 e. The molecule has 0 spiro atoms. The van der Waals surface area contributed by atoms with E-state index in [2.05, 4.69) is 0 Å². The zero-order valence-electron chi connectivity index (χ0n) is 10.5. The lowest BCUT2D eigenvalue weighted by Gasteiger charge is -2.29. The van der Waals surface area contributed by atoms with Crippen molar-refractivity contribution in [3.63, 3.8) is 0 Å². The Labute approximate surface area is 107 Å². The van der Waals surface area contributed by atoms with E-state index in [4.69, 9.17) is 4.74 Å². The largest absolute Gasteiger partial charge is 0.445 e. The van der Waals surface area contributed by atoms with Crippen molar-refractivity contribution < 1.29 is 14.3 Å². The van der Waals surface area contributed by atoms with Gasteiger partial charge in [0, 0.05) is 13.0 Å². The number of carbonyl (C=O) groups is 2. The van der Waals surface area contributed by atoms with Crippen LogP contribution in [0.25, 0.3) is 0 Å². The molecule has 0 aliphatic carbocycles. The Morgan fingerprint density at radius 2 is 2.11 bits per heavy atom. The zero-order valence-corrected chi connectivity index (χ0v) is 10.5. The second-order valence-corrected chi connectivity index (χ2v) is 4.77. The number of rotatable bonds is 2. The molecular formula is C14H17NO3. The van der Waals surface area contributed by atoms with Crippen molar-refractivity contribution in [2.45, 2.75) is 20.0 Å². The molecule has 1 aliphatic heterocycles. The summed E-state index contributed by atoms with van der Waals surface area (Å²) in [4.78, 5) is 24.7. The van der Waals surface area contributed by atoms with Crippen molar-refractivity contribution >= 4 is 11.9 Å². The molecule has 0 saturated carbocycles. The van der Waals surface area contributed by atoms with Crippen LogP contribution in [0, 0.1) is 5.92 Å². The van der Waals surface area contributed by atoms with E-state index < -0.39 is 6.09 Å². The summed E-state index contributed by atoms with van der Waals surface area (Å²) in [7, 11) is 0. The van der Waals surface area contributed by atoms with Gasteiger partial charge in [0.05, 0.1) is 6.54 Å². The minimum Gasteiger partial charge on any atom is -0.445 e. The number of benzene rings is 1. The number of likely N-dealkylation sites (tertiary alicyclic amines) is 1. The fourth-order valence-electron chi connectivity index (χ4n) is 2.12. The van der Waals surface area contributed by atoms with Gasteiger partial charge in [-0.2, -0.15) is 0 Å². The van der Waals surface area contributed by atoms with E-state index in [1.807, 2.05) is 37.3 Å². The van der Waals surface area contributed by atoms with E-state index in [-0.39, 0.29) is 24.9 Å². The van der Waals surface area contributed by atoms with Crippen molar-refractivity contribution in [1.29, 1.82) is 0 Å². The quantitative estimate of drug-likeness (QED) is 0.805. The Bertz CT molecular complexity index is 430. The molecule has 0 aromatic heterocycles. The molecule has 1 fully saturated rings. The summed E-state index contributed by atoms with van der Waals surface area (Å²) in [6.07, 6.45) is 0.154. The van der Waals surface area contributed by atoms with Crippen molar-refractivity contribution in [3.8, 4) is 0 Å². The number of ether oxygens (including phenoxy) is 1. The van der Waals surface area contributed by atoms with E-state index in [0.717, 1.165) is 5.56 Å². The highest BCUT2D eigenvalue weighted by Crippen LogP contribution is 2.14. The number of ketones is 1. The van der Waals surface area contributed by atoms with Crippen LogP contribution in [0.15, 0.2) is 30.3 Å². The fraction of sp³-hybridized carbons (Fsp3) is 0.429. The maximum absolute atomic E-state index is 11.8. The highest BCUT2D eigenvalue weighted by Gasteiger charge is 2.26. The van der Waals surface area contributed by atoms with E-state index in [0.29, 0.717) is 13.0 Å². The molecule has 0 N–H and O–H groups in total. The molecule has 1 heterocycles. The molecule has 4 heteroatoms. The Morgan fingerprint density at radius 3 is 2.78 bits per heavy atom. The molecule has 1 aromatic carbocycles. The Morgan fingerprint density at radius 1 is 1.39 bits per heavy atom. The van der Waals surface area contributed by atoms with Gasteiger partial charge >= 0.3 is 6.09 Å². The summed E-state index contributed by atoms with van der Waals surface area (Å²) >= 11 is 0. The van der Waals surface area contributed by atoms with Crippen molar-refractivity contribution in [1.82, 2.24) is 4.90 Å². The third kappa shape index (κ3) is 3.32. The predicted molar refractivity (Wildman–Crippen MR) is 67.0 cm³/mol. The molecule has 4 nitrogen and oxygen atoms in total. The summed E-state index contributed by atoms with van der Waals surface area (Å²) in [5.74, 6) is 0.320. The molecule has 1 aromatic rings. The van der Waals surface area contributed by atoms with Gasteiger partial charge in [-0.15, -0.1) is 0 Å². The number of carbonyl (C=O) groups excluding carboxylic acids is 2. The Balaban J connectivity index is 1.86. The Hall–Kier alpha value is -1.84. The van der Waals surface area contributed by atoms with Crippen molar-refractivity contribution in [3.05, 3.63) is 35.9 Å². The highest BCUT2D eigenvalue weighted by molar-refractivity contribution is 5.85. The number of hydrogen-bond donors (Lipinski definition) is 0. The number of piperidine rings is 1. The van der Waals surface area contributed by atoms with Gasteiger partial charge in [0.1, 0.15) is 6.61 Å². The lowest BCUT2D eigenvalue weighted by molar-refractivity contribution is -0.123. The first-order valence-corrected chi connectivity index (χ1v) is 6.12. The van der Waals surface area contributed by atoms with Crippen LogP contribution in [0.4, 0.5) is 4.79 Å². The van der Waals surface area contributed by atoms with Crippen molar-refractivity contribution in [2.24, 2.45) is 5.92 Å². The molecule has 0 radical (unpaired) electrons. The Kier molecular flexibility index (Phi) is 3.97. The van der Waals surface area contributed by atoms with Gasteiger partial charge in [-0.1, -0.05) is 37.3 Å². The van der Waals surface area contributed by atoms with Crippen LogP contribution >= 0.6 is 0 Å². The third-order valence-corrected chi connectivity index (χ3v) is 2.94. The first-order valence-electron chi connectivity index (χ1n) is 6.12. The number of nitrogens with zero attached hydrogens (tertiary/aromatic N) is 1. The van der Waals surface area contributed by atoms with Gasteiger partial charge in [-0.3, -0.25) is 4.79 Å². The van der Waals surface area contributed by atoms with E-state index in [1.165, 1.54) is 4.90 Å². The molecule has 96 valence electrons. The summed E-state index contributed by atoms with van der Waals surface area (Å²) in [6, 6.07) is 9.51. The van der Waals surface area contributed by atoms with Gasteiger partial charge in [-0.05, 0) is 11.5 Å². The molecule has 0 bridgehead atoms. The molecular weight excluding hydrogens is 230 g/mol. The minimum atomic E-state index is -0.404. The van der Waals surface area contributed by atoms with Crippen LogP contribution in [0.5, 0.6) is 0 Å². The first kappa shape index (κ1) is 12.6. The van der Waals surface area contributed by atoms with Crippen LogP contribution in [-0.2, 0) is 16.1 Å². The molecule has 1 amide bonds. The second-order valence-electron chi connectivity index (χ2n) is 4.77. The first-order chi connectivity index (χ1) is 8.65. The number of Topliss-reactive ketones (excluding diaryl/α,β-unsaturated/α-hetero) is 1. The zero-order chi connectivity index (χ0) is 13.0. The van der Waals surface area contributed by atoms with E-state index in [1.54, 1.807) is 0 Å². The van der Waals surface area contributed by atoms with E-state index in [9.17, 15) is 9.59 Å². The lowest BCUT2D eigenvalue weighted by Crippen LogP contribution is -2.43. The number of hydrogen-bond acceptors (Lipinski definition) is 3. The minimum absolute atomic E-state index is 0.102. The predicted octanol–water partition coefficient (Wildman–Crippen LogP) is 2.23. The van der Waals surface area contributed by atoms with E-state index >= 15 is 0 Å². The van der Waals surface area contributed by atoms with Gasteiger partial charge in [0.2, 0.25) is 0 Å². The standard InChI is InChI=1S/C14H17NO3/c1-11-7-13(16)9-15(8-11)14(17)18-10-12-5-3-2-4-6-12/h2-6,11H,7-10H2,1H3. The van der Waals surface area contributed by atoms with Crippen LogP contribution in [0.3, 0.4) is 0 Å². The smallest absolute Gasteiger partial charge is 0.410 e. The average molecular weight is 247 g/mol. The fourth-order valence-corrected chi connectivity index (χ4v) is 2.12. The van der Waals surface area contributed by atoms with Gasteiger partial charge in [0.15, 0.2) is 5.78 Å². The van der Waals surface area contributed by atoms with Crippen molar-refractivity contribution in [2.75, 3.05) is 13.1 Å². The summed E-state index contributed by atoms with van der Waals surface area (Å²) < 4.78 is 5.20.